The van der Waals surface area contributed by atoms with E-state index < -0.39 is 10.8 Å². The summed E-state index contributed by atoms with van der Waals surface area (Å²) in [7, 11) is 0. The van der Waals surface area contributed by atoms with Gasteiger partial charge in [0.15, 0.2) is 0 Å². The van der Waals surface area contributed by atoms with Crippen molar-refractivity contribution >= 4 is 40.9 Å². The molecule has 132 valence electrons. The summed E-state index contributed by atoms with van der Waals surface area (Å²) in [4.78, 5) is 39.4. The topological polar surface area (TPSA) is 83.7 Å². The van der Waals surface area contributed by atoms with Gasteiger partial charge < -0.3 is 5.73 Å². The summed E-state index contributed by atoms with van der Waals surface area (Å²) in [5.41, 5.74) is 8.41. The van der Waals surface area contributed by atoms with Crippen molar-refractivity contribution < 1.29 is 14.4 Å². The van der Waals surface area contributed by atoms with Crippen LogP contribution in [0.3, 0.4) is 0 Å². The van der Waals surface area contributed by atoms with E-state index in [0.717, 1.165) is 5.56 Å². The van der Waals surface area contributed by atoms with Gasteiger partial charge in [0.25, 0.3) is 5.91 Å². The molecule has 4 rings (SSSR count). The van der Waals surface area contributed by atoms with Gasteiger partial charge in [-0.15, -0.1) is 11.8 Å². The van der Waals surface area contributed by atoms with Crippen LogP contribution in [-0.4, -0.2) is 30.0 Å². The molecule has 1 spiro atoms. The number of nitrogens with two attached hydrogens (primary N) is 1. The molecule has 0 saturated carbocycles. The minimum absolute atomic E-state index is 0.136. The van der Waals surface area contributed by atoms with Crippen molar-refractivity contribution in [2.24, 2.45) is 5.73 Å². The molecule has 1 fully saturated rings. The Kier molecular flexibility index (Phi) is 3.77. The lowest BCUT2D eigenvalue weighted by Crippen LogP contribution is -2.51. The van der Waals surface area contributed by atoms with Gasteiger partial charge in [0.1, 0.15) is 6.54 Å². The second-order valence-corrected chi connectivity index (χ2v) is 7.54. The summed E-state index contributed by atoms with van der Waals surface area (Å²) in [6.07, 6.45) is 0. The van der Waals surface area contributed by atoms with E-state index in [4.69, 9.17) is 5.73 Å². The number of carbonyl (C=O) groups is 3. The van der Waals surface area contributed by atoms with Crippen molar-refractivity contribution in [3.63, 3.8) is 0 Å². The molecule has 0 bridgehead atoms. The third kappa shape index (κ3) is 2.24. The normalized spacial score (nSPS) is 21.6. The van der Waals surface area contributed by atoms with E-state index in [-0.39, 0.29) is 24.1 Å². The van der Waals surface area contributed by atoms with Crippen LogP contribution in [0.4, 0.5) is 11.4 Å². The Hall–Kier alpha value is -2.80. The maximum atomic E-state index is 13.4. The highest BCUT2D eigenvalue weighted by Crippen LogP contribution is 2.55. The first-order valence-corrected chi connectivity index (χ1v) is 9.17. The molecule has 2 aliphatic heterocycles. The van der Waals surface area contributed by atoms with E-state index in [0.29, 0.717) is 16.9 Å². The van der Waals surface area contributed by atoms with E-state index in [9.17, 15) is 14.4 Å². The van der Waals surface area contributed by atoms with Crippen LogP contribution in [-0.2, 0) is 19.3 Å². The average Bonchev–Trinajstić information content (AvgIpc) is 3.08. The third-order valence-corrected chi connectivity index (χ3v) is 6.06. The summed E-state index contributed by atoms with van der Waals surface area (Å²) >= 11 is 1.28. The molecule has 2 aliphatic rings. The quantitative estimate of drug-likeness (QED) is 0.896. The van der Waals surface area contributed by atoms with Gasteiger partial charge in [-0.25, -0.2) is 0 Å². The number of rotatable bonds is 3. The van der Waals surface area contributed by atoms with Crippen molar-refractivity contribution in [2.75, 3.05) is 22.1 Å². The number of anilines is 2. The Morgan fingerprint density at radius 2 is 1.85 bits per heavy atom. The molecule has 26 heavy (non-hydrogen) atoms. The van der Waals surface area contributed by atoms with Crippen LogP contribution < -0.4 is 15.5 Å². The predicted molar refractivity (Wildman–Crippen MR) is 101 cm³/mol. The Balaban J connectivity index is 1.91. The number of nitrogens with zero attached hydrogens (tertiary/aromatic N) is 2. The molecule has 2 aromatic rings. The highest BCUT2D eigenvalue weighted by atomic mass is 32.2. The van der Waals surface area contributed by atoms with Crippen molar-refractivity contribution in [2.45, 2.75) is 11.8 Å². The molecule has 3 amide bonds. The Labute approximate surface area is 154 Å². The Morgan fingerprint density at radius 1 is 1.15 bits per heavy atom. The average molecular weight is 367 g/mol. The maximum Gasteiger partial charge on any atom is 0.269 e. The van der Waals surface area contributed by atoms with Gasteiger partial charge in [0.05, 0.1) is 11.4 Å². The standard InChI is InChI=1S/C19H17N3O3S/c1-12-6-8-13(9-7-12)22-17(24)11-26-19(22)14-4-2-3-5-15(14)21(18(19)25)10-16(20)23/h2-9H,10-11H2,1H3,(H2,20,23). The largest absolute Gasteiger partial charge is 0.368 e. The number of benzene rings is 2. The minimum atomic E-state index is -1.20. The molecule has 2 heterocycles. The highest BCUT2D eigenvalue weighted by molar-refractivity contribution is 8.02. The summed E-state index contributed by atoms with van der Waals surface area (Å²) in [6.45, 7) is 1.75. The summed E-state index contributed by atoms with van der Waals surface area (Å²) in [5, 5.41) is 0. The van der Waals surface area contributed by atoms with Crippen molar-refractivity contribution in [3.8, 4) is 0 Å². The van der Waals surface area contributed by atoms with Gasteiger partial charge >= 0.3 is 0 Å². The lowest BCUT2D eigenvalue weighted by atomic mass is 10.0. The Bertz CT molecular complexity index is 928. The number of para-hydroxylation sites is 1. The molecule has 1 atom stereocenters. The van der Waals surface area contributed by atoms with E-state index in [1.54, 1.807) is 17.0 Å². The number of amides is 3. The predicted octanol–water partition coefficient (Wildman–Crippen LogP) is 1.76. The van der Waals surface area contributed by atoms with Crippen LogP contribution >= 0.6 is 11.8 Å². The third-order valence-electron chi connectivity index (χ3n) is 4.67. The molecule has 7 heteroatoms. The van der Waals surface area contributed by atoms with Gasteiger partial charge in [0.2, 0.25) is 16.7 Å². The fourth-order valence-electron chi connectivity index (χ4n) is 3.56. The van der Waals surface area contributed by atoms with Crippen molar-refractivity contribution in [1.82, 2.24) is 0 Å². The van der Waals surface area contributed by atoms with Crippen LogP contribution in [0.25, 0.3) is 0 Å². The molecule has 0 aliphatic carbocycles. The lowest BCUT2D eigenvalue weighted by Gasteiger charge is -2.33. The fraction of sp³-hybridized carbons (Fsp3) is 0.211. The number of carbonyl (C=O) groups excluding carboxylic acids is 3. The molecule has 6 nitrogen and oxygen atoms in total. The molecular weight excluding hydrogens is 350 g/mol. The van der Waals surface area contributed by atoms with Crippen molar-refractivity contribution in [3.05, 3.63) is 59.7 Å². The maximum absolute atomic E-state index is 13.4. The summed E-state index contributed by atoms with van der Waals surface area (Å²) in [5.74, 6) is -0.850. The van der Waals surface area contributed by atoms with Crippen molar-refractivity contribution in [1.29, 1.82) is 0 Å². The molecule has 2 N–H and O–H groups in total. The van der Waals surface area contributed by atoms with E-state index in [1.165, 1.54) is 16.7 Å². The van der Waals surface area contributed by atoms with E-state index in [1.807, 2.05) is 43.3 Å². The zero-order valence-electron chi connectivity index (χ0n) is 14.1. The number of fused-ring (bicyclic) bond motifs is 2. The molecule has 1 unspecified atom stereocenters. The first-order valence-electron chi connectivity index (χ1n) is 8.18. The fourth-order valence-corrected chi connectivity index (χ4v) is 4.92. The van der Waals surface area contributed by atoms with Crippen LogP contribution in [0.15, 0.2) is 48.5 Å². The van der Waals surface area contributed by atoms with Gasteiger partial charge in [-0.2, -0.15) is 0 Å². The second-order valence-electron chi connectivity index (χ2n) is 6.37. The first-order chi connectivity index (χ1) is 12.4. The summed E-state index contributed by atoms with van der Waals surface area (Å²) in [6, 6.07) is 14.7. The number of aryl methyl sites for hydroxylation is 1. The zero-order valence-corrected chi connectivity index (χ0v) is 15.0. The van der Waals surface area contributed by atoms with E-state index >= 15 is 0 Å². The van der Waals surface area contributed by atoms with Crippen LogP contribution in [0.1, 0.15) is 11.1 Å². The van der Waals surface area contributed by atoms with E-state index in [2.05, 4.69) is 0 Å². The number of primary amides is 1. The second kappa shape index (κ2) is 5.88. The molecule has 1 saturated heterocycles. The molecular formula is C19H17N3O3S. The van der Waals surface area contributed by atoms with Gasteiger partial charge in [-0.3, -0.25) is 24.2 Å². The number of thioether (sulfide) groups is 1. The van der Waals surface area contributed by atoms with Crippen LogP contribution in [0, 0.1) is 6.92 Å². The lowest BCUT2D eigenvalue weighted by molar-refractivity contribution is -0.125. The highest BCUT2D eigenvalue weighted by Gasteiger charge is 2.61. The monoisotopic (exact) mass is 367 g/mol. The minimum Gasteiger partial charge on any atom is -0.368 e. The SMILES string of the molecule is Cc1ccc(N2C(=O)CSC23C(=O)N(CC(N)=O)c2ccccc23)cc1. The molecule has 2 aromatic carbocycles. The molecule has 0 radical (unpaired) electrons. The Morgan fingerprint density at radius 3 is 2.54 bits per heavy atom. The van der Waals surface area contributed by atoms with Crippen LogP contribution in [0.2, 0.25) is 0 Å². The number of hydrogen-bond donors (Lipinski definition) is 1. The van der Waals surface area contributed by atoms with Crippen LogP contribution in [0.5, 0.6) is 0 Å². The zero-order chi connectivity index (χ0) is 18.5. The first kappa shape index (κ1) is 16.7. The van der Waals surface area contributed by atoms with Gasteiger partial charge in [0, 0.05) is 11.3 Å². The van der Waals surface area contributed by atoms with Gasteiger partial charge in [-0.05, 0) is 25.1 Å². The smallest absolute Gasteiger partial charge is 0.269 e. The summed E-state index contributed by atoms with van der Waals surface area (Å²) < 4.78 is 0. The molecule has 0 aromatic heterocycles. The van der Waals surface area contributed by atoms with Gasteiger partial charge in [-0.1, -0.05) is 35.9 Å². The number of hydrogen-bond acceptors (Lipinski definition) is 4.